The number of halogens is 1. The van der Waals surface area contributed by atoms with Crippen LogP contribution in [0, 0.1) is 33.5 Å². The highest BCUT2D eigenvalue weighted by Crippen LogP contribution is 2.29. The topological polar surface area (TPSA) is 12.0 Å². The van der Waals surface area contributed by atoms with Gasteiger partial charge in [0.15, 0.2) is 0 Å². The van der Waals surface area contributed by atoms with Crippen LogP contribution in [0.5, 0.6) is 0 Å². The molecule has 0 aliphatic carbocycles. The Labute approximate surface area is 127 Å². The minimum Gasteiger partial charge on any atom is -0.313 e. The fourth-order valence-electron chi connectivity index (χ4n) is 3.00. The number of aryl methyl sites for hydroxylation is 2. The first-order valence-corrected chi connectivity index (χ1v) is 7.43. The van der Waals surface area contributed by atoms with Crippen LogP contribution in [0.15, 0.2) is 30.3 Å². The molecule has 0 aromatic heterocycles. The van der Waals surface area contributed by atoms with Crippen molar-refractivity contribution in [2.75, 3.05) is 7.05 Å². The maximum Gasteiger partial charge on any atom is 0.126 e. The highest BCUT2D eigenvalue weighted by atomic mass is 19.1. The zero-order chi connectivity index (χ0) is 15.6. The number of likely N-dealkylation sites (N-methyl/N-ethyl adjacent to an activating group) is 1. The standard InChI is InChI=1S/C19H24FN/c1-12-10-13(2)15(4)19(14(12)3)18(21-5)11-16-8-6-7-9-17(16)20/h6-10,18,21H,11H2,1-5H3. The van der Waals surface area contributed by atoms with E-state index in [0.29, 0.717) is 6.42 Å². The summed E-state index contributed by atoms with van der Waals surface area (Å²) in [6.07, 6.45) is 0.660. The van der Waals surface area contributed by atoms with Gasteiger partial charge >= 0.3 is 0 Å². The Kier molecular flexibility index (Phi) is 4.79. The van der Waals surface area contributed by atoms with Gasteiger partial charge in [-0.25, -0.2) is 4.39 Å². The molecular weight excluding hydrogens is 261 g/mol. The second kappa shape index (κ2) is 6.40. The predicted molar refractivity (Wildman–Crippen MR) is 87.3 cm³/mol. The van der Waals surface area contributed by atoms with E-state index >= 15 is 0 Å². The molecule has 0 radical (unpaired) electrons. The normalized spacial score (nSPS) is 12.5. The number of rotatable bonds is 4. The van der Waals surface area contributed by atoms with Crippen molar-refractivity contribution in [3.63, 3.8) is 0 Å². The largest absolute Gasteiger partial charge is 0.313 e. The Morgan fingerprint density at radius 2 is 1.57 bits per heavy atom. The lowest BCUT2D eigenvalue weighted by Crippen LogP contribution is -2.22. The lowest BCUT2D eigenvalue weighted by molar-refractivity contribution is 0.550. The molecule has 2 aromatic rings. The third-order valence-corrected chi connectivity index (χ3v) is 4.50. The SMILES string of the molecule is CNC(Cc1ccccc1F)c1c(C)c(C)cc(C)c1C. The summed E-state index contributed by atoms with van der Waals surface area (Å²) >= 11 is 0. The van der Waals surface area contributed by atoms with Crippen molar-refractivity contribution in [2.24, 2.45) is 0 Å². The van der Waals surface area contributed by atoms with Crippen LogP contribution in [0.3, 0.4) is 0 Å². The molecular formula is C19H24FN. The molecule has 1 nitrogen and oxygen atoms in total. The average Bonchev–Trinajstić information content (AvgIpc) is 2.46. The van der Waals surface area contributed by atoms with Crippen molar-refractivity contribution in [1.82, 2.24) is 5.32 Å². The number of nitrogens with one attached hydrogen (secondary N) is 1. The van der Waals surface area contributed by atoms with E-state index in [1.165, 1.54) is 33.9 Å². The van der Waals surface area contributed by atoms with Crippen molar-refractivity contribution < 1.29 is 4.39 Å². The molecule has 21 heavy (non-hydrogen) atoms. The summed E-state index contributed by atoms with van der Waals surface area (Å²) in [5.74, 6) is -0.127. The number of hydrogen-bond acceptors (Lipinski definition) is 1. The van der Waals surface area contributed by atoms with Crippen molar-refractivity contribution in [2.45, 2.75) is 40.2 Å². The highest BCUT2D eigenvalue weighted by molar-refractivity contribution is 5.46. The Morgan fingerprint density at radius 1 is 1.00 bits per heavy atom. The average molecular weight is 285 g/mol. The molecule has 0 aliphatic heterocycles. The molecule has 2 heteroatoms. The van der Waals surface area contributed by atoms with E-state index in [1.807, 2.05) is 19.2 Å². The van der Waals surface area contributed by atoms with Gasteiger partial charge in [-0.2, -0.15) is 0 Å². The van der Waals surface area contributed by atoms with Gasteiger partial charge in [0.1, 0.15) is 5.82 Å². The molecule has 0 saturated heterocycles. The van der Waals surface area contributed by atoms with Crippen LogP contribution in [0.4, 0.5) is 4.39 Å². The molecule has 0 heterocycles. The minimum absolute atomic E-state index is 0.125. The quantitative estimate of drug-likeness (QED) is 0.868. The van der Waals surface area contributed by atoms with Crippen molar-refractivity contribution in [1.29, 1.82) is 0 Å². The van der Waals surface area contributed by atoms with Crippen LogP contribution in [0.25, 0.3) is 0 Å². The maximum atomic E-state index is 13.9. The van der Waals surface area contributed by atoms with E-state index in [9.17, 15) is 4.39 Å². The van der Waals surface area contributed by atoms with Crippen LogP contribution in [0.1, 0.15) is 39.4 Å². The summed E-state index contributed by atoms with van der Waals surface area (Å²) in [6, 6.07) is 9.38. The van der Waals surface area contributed by atoms with Crippen LogP contribution in [-0.2, 0) is 6.42 Å². The van der Waals surface area contributed by atoms with Crippen LogP contribution in [0.2, 0.25) is 0 Å². The van der Waals surface area contributed by atoms with Gasteiger partial charge < -0.3 is 5.32 Å². The first-order valence-electron chi connectivity index (χ1n) is 7.43. The molecule has 0 saturated carbocycles. The van der Waals surface area contributed by atoms with Gasteiger partial charge in [0, 0.05) is 6.04 Å². The fraction of sp³-hybridized carbons (Fsp3) is 0.368. The second-order valence-corrected chi connectivity index (χ2v) is 5.81. The van der Waals surface area contributed by atoms with E-state index < -0.39 is 0 Å². The van der Waals surface area contributed by atoms with E-state index in [0.717, 1.165) is 5.56 Å². The van der Waals surface area contributed by atoms with Gasteiger partial charge in [0.05, 0.1) is 0 Å². The summed E-state index contributed by atoms with van der Waals surface area (Å²) < 4.78 is 13.9. The van der Waals surface area contributed by atoms with Gasteiger partial charge in [-0.05, 0) is 80.6 Å². The first kappa shape index (κ1) is 15.7. The summed E-state index contributed by atoms with van der Waals surface area (Å²) in [5, 5.41) is 3.36. The maximum absolute atomic E-state index is 13.9. The monoisotopic (exact) mass is 285 g/mol. The van der Waals surface area contributed by atoms with Gasteiger partial charge in [-0.15, -0.1) is 0 Å². The van der Waals surface area contributed by atoms with Gasteiger partial charge in [-0.3, -0.25) is 0 Å². The molecule has 0 bridgehead atoms. The van der Waals surface area contributed by atoms with Crippen LogP contribution in [-0.4, -0.2) is 7.05 Å². The van der Waals surface area contributed by atoms with Gasteiger partial charge in [0.2, 0.25) is 0 Å². The molecule has 0 spiro atoms. The predicted octanol–water partition coefficient (Wildman–Crippen LogP) is 4.56. The van der Waals surface area contributed by atoms with E-state index in [4.69, 9.17) is 0 Å². The number of hydrogen-bond donors (Lipinski definition) is 1. The van der Waals surface area contributed by atoms with Crippen molar-refractivity contribution in [3.05, 3.63) is 69.5 Å². The van der Waals surface area contributed by atoms with E-state index in [2.05, 4.69) is 39.1 Å². The summed E-state index contributed by atoms with van der Waals surface area (Å²) in [4.78, 5) is 0. The molecule has 2 rings (SSSR count). The molecule has 112 valence electrons. The molecule has 1 N–H and O–H groups in total. The molecule has 0 aliphatic rings. The van der Waals surface area contributed by atoms with Gasteiger partial charge in [-0.1, -0.05) is 24.3 Å². The first-order chi connectivity index (χ1) is 9.95. The van der Waals surface area contributed by atoms with Crippen LogP contribution < -0.4 is 5.32 Å². The summed E-state index contributed by atoms with van der Waals surface area (Å²) in [7, 11) is 1.95. The molecule has 1 unspecified atom stereocenters. The Morgan fingerprint density at radius 3 is 2.10 bits per heavy atom. The Bertz CT molecular complexity index is 620. The lowest BCUT2D eigenvalue weighted by Gasteiger charge is -2.24. The van der Waals surface area contributed by atoms with Crippen molar-refractivity contribution >= 4 is 0 Å². The highest BCUT2D eigenvalue weighted by Gasteiger charge is 2.19. The summed E-state index contributed by atoms with van der Waals surface area (Å²) in [5.41, 5.74) is 7.25. The Balaban J connectivity index is 2.46. The third kappa shape index (κ3) is 3.16. The minimum atomic E-state index is -0.127. The molecule has 1 atom stereocenters. The third-order valence-electron chi connectivity index (χ3n) is 4.50. The Hall–Kier alpha value is -1.67. The van der Waals surface area contributed by atoms with Crippen LogP contribution >= 0.6 is 0 Å². The molecule has 0 fully saturated rings. The smallest absolute Gasteiger partial charge is 0.126 e. The second-order valence-electron chi connectivity index (χ2n) is 5.81. The lowest BCUT2D eigenvalue weighted by atomic mass is 9.87. The van der Waals surface area contributed by atoms with E-state index in [1.54, 1.807) is 6.07 Å². The zero-order valence-corrected chi connectivity index (χ0v) is 13.5. The fourth-order valence-corrected chi connectivity index (χ4v) is 3.00. The molecule has 0 amide bonds. The molecule has 2 aromatic carbocycles. The van der Waals surface area contributed by atoms with Gasteiger partial charge in [0.25, 0.3) is 0 Å². The van der Waals surface area contributed by atoms with E-state index in [-0.39, 0.29) is 11.9 Å². The zero-order valence-electron chi connectivity index (χ0n) is 13.5. The summed E-state index contributed by atoms with van der Waals surface area (Å²) in [6.45, 7) is 8.59. The van der Waals surface area contributed by atoms with Crippen molar-refractivity contribution in [3.8, 4) is 0 Å². The number of benzene rings is 2.